The van der Waals surface area contributed by atoms with Crippen LogP contribution in [0.3, 0.4) is 0 Å². The molecule has 1 fully saturated rings. The summed E-state index contributed by atoms with van der Waals surface area (Å²) in [5.74, 6) is -0.240. The Hall–Kier alpha value is -0.970. The lowest BCUT2D eigenvalue weighted by Crippen LogP contribution is -2.42. The Labute approximate surface area is 128 Å². The van der Waals surface area contributed by atoms with Crippen LogP contribution in [0.5, 0.6) is 5.75 Å². The van der Waals surface area contributed by atoms with Crippen LogP contribution in [0.25, 0.3) is 0 Å². The van der Waals surface area contributed by atoms with E-state index in [0.29, 0.717) is 35.0 Å². The monoisotopic (exact) mass is 317 g/mol. The highest BCUT2D eigenvalue weighted by molar-refractivity contribution is 6.35. The molecule has 1 N–H and O–H groups in total. The maximum atomic E-state index is 11.1. The van der Waals surface area contributed by atoms with E-state index >= 15 is 0 Å². The molecule has 0 bridgehead atoms. The van der Waals surface area contributed by atoms with Crippen LogP contribution < -0.4 is 4.74 Å². The second-order valence-electron chi connectivity index (χ2n) is 4.91. The molecule has 110 valence electrons. The number of carbonyl (C=O) groups is 1. The first kappa shape index (κ1) is 15.4. The van der Waals surface area contributed by atoms with Gasteiger partial charge in [0.15, 0.2) is 0 Å². The van der Waals surface area contributed by atoms with Crippen molar-refractivity contribution in [2.45, 2.75) is 31.8 Å². The zero-order valence-electron chi connectivity index (χ0n) is 11.2. The molecular weight excluding hydrogens is 301 g/mol. The molecule has 1 atom stereocenters. The minimum atomic E-state index is -0.804. The molecule has 0 radical (unpaired) electrons. The third-order valence-corrected chi connectivity index (χ3v) is 3.90. The first-order valence-electron chi connectivity index (χ1n) is 6.55. The van der Waals surface area contributed by atoms with E-state index in [1.807, 2.05) is 4.90 Å². The highest BCUT2D eigenvalue weighted by atomic mass is 35.5. The van der Waals surface area contributed by atoms with E-state index in [2.05, 4.69) is 0 Å². The third kappa shape index (κ3) is 4.01. The van der Waals surface area contributed by atoms with Crippen LogP contribution in [-0.4, -0.2) is 41.2 Å². The van der Waals surface area contributed by atoms with Gasteiger partial charge in [-0.3, -0.25) is 9.69 Å². The molecule has 1 aromatic rings. The van der Waals surface area contributed by atoms with Crippen LogP contribution in [0.4, 0.5) is 0 Å². The molecule has 2 rings (SSSR count). The summed E-state index contributed by atoms with van der Waals surface area (Å²) in [5, 5.41) is 10.1. The van der Waals surface area contributed by atoms with Gasteiger partial charge in [-0.05, 0) is 38.0 Å². The Morgan fingerprint density at radius 3 is 2.75 bits per heavy atom. The molecule has 1 aliphatic carbocycles. The van der Waals surface area contributed by atoms with Gasteiger partial charge in [0.1, 0.15) is 18.4 Å². The summed E-state index contributed by atoms with van der Waals surface area (Å²) in [6.45, 7) is 2.67. The van der Waals surface area contributed by atoms with Gasteiger partial charge in [0.25, 0.3) is 0 Å². The molecule has 1 saturated carbocycles. The molecule has 1 aliphatic rings. The Kier molecular flexibility index (Phi) is 5.13. The number of carboxylic acid groups (broad SMARTS) is 1. The zero-order valence-corrected chi connectivity index (χ0v) is 12.7. The highest BCUT2D eigenvalue weighted by Gasteiger charge is 2.34. The molecule has 20 heavy (non-hydrogen) atoms. The van der Waals surface area contributed by atoms with E-state index in [9.17, 15) is 4.79 Å². The van der Waals surface area contributed by atoms with Gasteiger partial charge in [0, 0.05) is 17.6 Å². The largest absolute Gasteiger partial charge is 0.491 e. The predicted molar refractivity (Wildman–Crippen MR) is 78.8 cm³/mol. The Morgan fingerprint density at radius 2 is 2.20 bits per heavy atom. The molecule has 0 aliphatic heterocycles. The number of halogens is 2. The fourth-order valence-corrected chi connectivity index (χ4v) is 2.56. The summed E-state index contributed by atoms with van der Waals surface area (Å²) >= 11 is 11.8. The van der Waals surface area contributed by atoms with Crippen LogP contribution >= 0.6 is 23.2 Å². The van der Waals surface area contributed by atoms with Gasteiger partial charge < -0.3 is 9.84 Å². The van der Waals surface area contributed by atoms with E-state index in [4.69, 9.17) is 33.0 Å². The fraction of sp³-hybridized carbons (Fsp3) is 0.500. The van der Waals surface area contributed by atoms with Crippen molar-refractivity contribution in [3.05, 3.63) is 28.2 Å². The topological polar surface area (TPSA) is 49.8 Å². The van der Waals surface area contributed by atoms with Gasteiger partial charge in [-0.2, -0.15) is 0 Å². The maximum Gasteiger partial charge on any atom is 0.320 e. The van der Waals surface area contributed by atoms with E-state index < -0.39 is 12.0 Å². The molecule has 0 spiro atoms. The van der Waals surface area contributed by atoms with Gasteiger partial charge in [0.05, 0.1) is 5.02 Å². The average molecular weight is 318 g/mol. The van der Waals surface area contributed by atoms with Crippen molar-refractivity contribution in [1.82, 2.24) is 4.90 Å². The van der Waals surface area contributed by atoms with Crippen LogP contribution in [0, 0.1) is 0 Å². The van der Waals surface area contributed by atoms with Crippen LogP contribution in [0.1, 0.15) is 19.8 Å². The lowest BCUT2D eigenvalue weighted by molar-refractivity contribution is -0.143. The average Bonchev–Trinajstić information content (AvgIpc) is 3.20. The number of rotatable bonds is 7. The minimum Gasteiger partial charge on any atom is -0.491 e. The van der Waals surface area contributed by atoms with Crippen LogP contribution in [0.15, 0.2) is 18.2 Å². The van der Waals surface area contributed by atoms with Gasteiger partial charge >= 0.3 is 5.97 Å². The minimum absolute atomic E-state index is 0.366. The van der Waals surface area contributed by atoms with Gasteiger partial charge in [0.2, 0.25) is 0 Å². The normalized spacial score (nSPS) is 16.2. The molecular formula is C14H17Cl2NO3. The van der Waals surface area contributed by atoms with Crippen molar-refractivity contribution in [3.8, 4) is 5.75 Å². The van der Waals surface area contributed by atoms with Gasteiger partial charge in [-0.1, -0.05) is 23.2 Å². The summed E-state index contributed by atoms with van der Waals surface area (Å²) in [6.07, 6.45) is 2.11. The zero-order chi connectivity index (χ0) is 14.7. The number of aliphatic carboxylic acids is 1. The van der Waals surface area contributed by atoms with E-state index in [-0.39, 0.29) is 0 Å². The first-order valence-corrected chi connectivity index (χ1v) is 7.31. The number of hydrogen-bond acceptors (Lipinski definition) is 3. The molecule has 0 aromatic heterocycles. The fourth-order valence-electron chi connectivity index (χ4n) is 2.09. The highest BCUT2D eigenvalue weighted by Crippen LogP contribution is 2.30. The standard InChI is InChI=1S/C14H17Cl2NO3/c1-9(14(18)19)17(11-3-4-11)6-7-20-13-5-2-10(15)8-12(13)16/h2,5,8-9,11H,3-4,6-7H2,1H3,(H,18,19). The number of hydrogen-bond donors (Lipinski definition) is 1. The molecule has 1 unspecified atom stereocenters. The molecule has 4 nitrogen and oxygen atoms in total. The number of ether oxygens (including phenoxy) is 1. The molecule has 0 saturated heterocycles. The second-order valence-corrected chi connectivity index (χ2v) is 5.75. The smallest absolute Gasteiger partial charge is 0.320 e. The molecule has 0 heterocycles. The lowest BCUT2D eigenvalue weighted by atomic mass is 10.2. The van der Waals surface area contributed by atoms with Crippen molar-refractivity contribution < 1.29 is 14.6 Å². The number of nitrogens with zero attached hydrogens (tertiary/aromatic N) is 1. The SMILES string of the molecule is CC(C(=O)O)N(CCOc1ccc(Cl)cc1Cl)C1CC1. The van der Waals surface area contributed by atoms with E-state index in [1.165, 1.54) is 0 Å². The summed E-state index contributed by atoms with van der Waals surface area (Å²) in [4.78, 5) is 13.0. The molecule has 0 amide bonds. The summed E-state index contributed by atoms with van der Waals surface area (Å²) in [7, 11) is 0. The Morgan fingerprint density at radius 1 is 1.50 bits per heavy atom. The van der Waals surface area contributed by atoms with E-state index in [0.717, 1.165) is 12.8 Å². The van der Waals surface area contributed by atoms with Gasteiger partial charge in [-0.25, -0.2) is 0 Å². The summed E-state index contributed by atoms with van der Waals surface area (Å²) in [6, 6.07) is 4.92. The lowest BCUT2D eigenvalue weighted by Gasteiger charge is -2.26. The van der Waals surface area contributed by atoms with E-state index in [1.54, 1.807) is 25.1 Å². The van der Waals surface area contributed by atoms with Crippen molar-refractivity contribution in [2.75, 3.05) is 13.2 Å². The van der Waals surface area contributed by atoms with Crippen molar-refractivity contribution in [1.29, 1.82) is 0 Å². The number of carboxylic acids is 1. The van der Waals surface area contributed by atoms with Crippen LogP contribution in [0.2, 0.25) is 10.0 Å². The Bertz CT molecular complexity index is 491. The quantitative estimate of drug-likeness (QED) is 0.838. The van der Waals surface area contributed by atoms with Crippen molar-refractivity contribution in [2.24, 2.45) is 0 Å². The third-order valence-electron chi connectivity index (χ3n) is 3.37. The van der Waals surface area contributed by atoms with Crippen molar-refractivity contribution >= 4 is 29.2 Å². The maximum absolute atomic E-state index is 11.1. The molecule has 6 heteroatoms. The van der Waals surface area contributed by atoms with Crippen LogP contribution in [-0.2, 0) is 4.79 Å². The summed E-state index contributed by atoms with van der Waals surface area (Å²) in [5.41, 5.74) is 0. The number of benzene rings is 1. The Balaban J connectivity index is 1.88. The second kappa shape index (κ2) is 6.66. The summed E-state index contributed by atoms with van der Waals surface area (Å²) < 4.78 is 5.60. The van der Waals surface area contributed by atoms with Crippen molar-refractivity contribution in [3.63, 3.8) is 0 Å². The van der Waals surface area contributed by atoms with Gasteiger partial charge in [-0.15, -0.1) is 0 Å². The first-order chi connectivity index (χ1) is 9.49. The predicted octanol–water partition coefficient (Wildman–Crippen LogP) is 3.31. The molecule has 1 aromatic carbocycles.